The Morgan fingerprint density at radius 2 is 1.92 bits per heavy atom. The zero-order valence-corrected chi connectivity index (χ0v) is 12.3. The molecule has 0 saturated carbocycles. The van der Waals surface area contributed by atoms with Crippen molar-refractivity contribution in [2.45, 2.75) is 19.3 Å². The van der Waals surface area contributed by atoms with Crippen molar-refractivity contribution >= 4 is 11.5 Å². The monoisotopic (exact) mass is 359 g/mol. The largest absolute Gasteiger partial charge is 0.453 e. The predicted octanol–water partition coefficient (Wildman–Crippen LogP) is 3.36. The molecule has 0 aliphatic rings. The van der Waals surface area contributed by atoms with Crippen LogP contribution in [-0.2, 0) is 12.7 Å². The number of nitrogens with one attached hydrogen (secondary N) is 1. The molecule has 2 heterocycles. The van der Waals surface area contributed by atoms with E-state index in [1.54, 1.807) is 6.07 Å². The van der Waals surface area contributed by atoms with Gasteiger partial charge in [-0.1, -0.05) is 12.1 Å². The Morgan fingerprint density at radius 1 is 1.12 bits per heavy atom. The van der Waals surface area contributed by atoms with Crippen LogP contribution in [-0.4, -0.2) is 26.4 Å². The molecule has 0 atom stereocenters. The van der Waals surface area contributed by atoms with E-state index in [0.29, 0.717) is 10.1 Å². The second-order valence-electron chi connectivity index (χ2n) is 4.89. The highest BCUT2D eigenvalue weighted by Gasteiger charge is 2.37. The van der Waals surface area contributed by atoms with Gasteiger partial charge in [0.15, 0.2) is 5.65 Å². The average molecular weight is 359 g/mol. The van der Waals surface area contributed by atoms with E-state index in [1.807, 2.05) is 0 Å². The van der Waals surface area contributed by atoms with Crippen LogP contribution in [0, 0.1) is 0 Å². The van der Waals surface area contributed by atoms with Crippen LogP contribution in [0.5, 0.6) is 5.75 Å². The first-order valence-corrected chi connectivity index (χ1v) is 6.90. The van der Waals surface area contributed by atoms with Gasteiger partial charge in [0.1, 0.15) is 11.6 Å². The molecule has 0 aliphatic heterocycles. The molecule has 1 N–H and O–H groups in total. The summed E-state index contributed by atoms with van der Waals surface area (Å²) >= 11 is 0. The maximum absolute atomic E-state index is 12.8. The van der Waals surface area contributed by atoms with Crippen LogP contribution in [0.1, 0.15) is 11.4 Å². The molecule has 6 nitrogen and oxygen atoms in total. The van der Waals surface area contributed by atoms with Gasteiger partial charge < -0.3 is 10.1 Å². The summed E-state index contributed by atoms with van der Waals surface area (Å²) in [6.07, 6.45) is -4.69. The van der Waals surface area contributed by atoms with Crippen LogP contribution in [0.4, 0.5) is 27.8 Å². The lowest BCUT2D eigenvalue weighted by atomic mass is 10.2. The van der Waals surface area contributed by atoms with Crippen molar-refractivity contribution in [3.63, 3.8) is 0 Å². The second kappa shape index (κ2) is 6.49. The molecule has 0 aliphatic carbocycles. The summed E-state index contributed by atoms with van der Waals surface area (Å²) in [4.78, 5) is 0. The number of nitrogens with zero attached hydrogens (tertiary/aromatic N) is 4. The highest BCUT2D eigenvalue weighted by Crippen LogP contribution is 2.27. The Hall–Kier alpha value is -2.98. The average Bonchev–Trinajstić information content (AvgIpc) is 2.96. The summed E-state index contributed by atoms with van der Waals surface area (Å²) in [6, 6.07) is 8.68. The van der Waals surface area contributed by atoms with Crippen molar-refractivity contribution in [3.05, 3.63) is 47.8 Å². The number of rotatable bonds is 5. The number of fused-ring (bicyclic) bond motifs is 1. The van der Waals surface area contributed by atoms with Gasteiger partial charge in [0.2, 0.25) is 0 Å². The van der Waals surface area contributed by atoms with Gasteiger partial charge >= 0.3 is 12.8 Å². The van der Waals surface area contributed by atoms with Crippen LogP contribution >= 0.6 is 0 Å². The Balaban J connectivity index is 1.77. The van der Waals surface area contributed by atoms with E-state index in [2.05, 4.69) is 25.3 Å². The van der Waals surface area contributed by atoms with Crippen LogP contribution < -0.4 is 10.1 Å². The van der Waals surface area contributed by atoms with E-state index in [1.165, 1.54) is 30.3 Å². The SMILES string of the molecule is FC(F)Oc1cccc(CNc2ccc3nnc(C(F)(F)F)n3n2)c1. The first-order chi connectivity index (χ1) is 11.8. The lowest BCUT2D eigenvalue weighted by molar-refractivity contribution is -0.146. The van der Waals surface area contributed by atoms with E-state index in [0.717, 1.165) is 0 Å². The molecule has 25 heavy (non-hydrogen) atoms. The number of halogens is 5. The van der Waals surface area contributed by atoms with Crippen molar-refractivity contribution in [2.24, 2.45) is 0 Å². The lowest BCUT2D eigenvalue weighted by Gasteiger charge is -2.09. The minimum atomic E-state index is -4.69. The van der Waals surface area contributed by atoms with Crippen molar-refractivity contribution < 1.29 is 26.7 Å². The molecule has 3 rings (SSSR count). The van der Waals surface area contributed by atoms with Gasteiger partial charge in [0.05, 0.1) is 0 Å². The molecule has 11 heteroatoms. The third-order valence-electron chi connectivity index (χ3n) is 3.11. The van der Waals surface area contributed by atoms with Gasteiger partial charge in [-0.3, -0.25) is 0 Å². The molecule has 0 bridgehead atoms. The normalized spacial score (nSPS) is 11.9. The van der Waals surface area contributed by atoms with Crippen LogP contribution in [0.2, 0.25) is 0 Å². The van der Waals surface area contributed by atoms with E-state index in [9.17, 15) is 22.0 Å². The van der Waals surface area contributed by atoms with Crippen molar-refractivity contribution in [1.29, 1.82) is 0 Å². The first-order valence-electron chi connectivity index (χ1n) is 6.90. The van der Waals surface area contributed by atoms with Gasteiger partial charge in [-0.05, 0) is 29.8 Å². The molecule has 2 aromatic heterocycles. The van der Waals surface area contributed by atoms with Crippen molar-refractivity contribution in [3.8, 4) is 5.75 Å². The number of alkyl halides is 5. The molecule has 1 aromatic carbocycles. The number of hydrogen-bond donors (Lipinski definition) is 1. The minimum absolute atomic E-state index is 0.0177. The summed E-state index contributed by atoms with van der Waals surface area (Å²) in [5.41, 5.74) is 0.532. The van der Waals surface area contributed by atoms with Gasteiger partial charge in [0, 0.05) is 6.54 Å². The van der Waals surface area contributed by atoms with Crippen molar-refractivity contribution in [1.82, 2.24) is 19.8 Å². The van der Waals surface area contributed by atoms with Crippen LogP contribution in [0.25, 0.3) is 5.65 Å². The van der Waals surface area contributed by atoms with Gasteiger partial charge in [0.25, 0.3) is 5.82 Å². The molecular weight excluding hydrogens is 349 g/mol. The van der Waals surface area contributed by atoms with Gasteiger partial charge in [-0.2, -0.15) is 26.5 Å². The molecule has 0 spiro atoms. The zero-order chi connectivity index (χ0) is 18.0. The summed E-state index contributed by atoms with van der Waals surface area (Å²) in [5.74, 6) is -1.12. The Morgan fingerprint density at radius 3 is 2.64 bits per heavy atom. The third-order valence-corrected chi connectivity index (χ3v) is 3.11. The number of hydrogen-bond acceptors (Lipinski definition) is 5. The summed E-state index contributed by atoms with van der Waals surface area (Å²) in [5, 5.41) is 13.1. The molecule has 0 radical (unpaired) electrons. The zero-order valence-electron chi connectivity index (χ0n) is 12.3. The fraction of sp³-hybridized carbons (Fsp3) is 0.214. The standard InChI is InChI=1S/C14H10F5N5O/c15-13(16)25-9-3-1-2-8(6-9)7-20-10-4-5-11-21-22-12(14(17,18)19)24(11)23-10/h1-6,13H,7H2,(H,20,23). The summed E-state index contributed by atoms with van der Waals surface area (Å²) in [7, 11) is 0. The van der Waals surface area contributed by atoms with E-state index in [4.69, 9.17) is 0 Å². The maximum Gasteiger partial charge on any atom is 0.453 e. The number of benzene rings is 1. The first kappa shape index (κ1) is 16.9. The number of ether oxygens (including phenoxy) is 1. The van der Waals surface area contributed by atoms with Gasteiger partial charge in [-0.25, -0.2) is 0 Å². The minimum Gasteiger partial charge on any atom is -0.435 e. The Kier molecular flexibility index (Phi) is 4.38. The number of anilines is 1. The lowest BCUT2D eigenvalue weighted by Crippen LogP contribution is -2.13. The van der Waals surface area contributed by atoms with Crippen LogP contribution in [0.3, 0.4) is 0 Å². The van der Waals surface area contributed by atoms with Crippen LogP contribution in [0.15, 0.2) is 36.4 Å². The highest BCUT2D eigenvalue weighted by molar-refractivity contribution is 5.44. The molecule has 3 aromatic rings. The van der Waals surface area contributed by atoms with E-state index < -0.39 is 18.6 Å². The Bertz CT molecular complexity index is 879. The van der Waals surface area contributed by atoms with E-state index >= 15 is 0 Å². The maximum atomic E-state index is 12.8. The Labute approximate surface area is 137 Å². The fourth-order valence-electron chi connectivity index (χ4n) is 2.08. The molecule has 0 saturated heterocycles. The quantitative estimate of drug-likeness (QED) is 0.708. The molecule has 132 valence electrons. The molecule has 0 amide bonds. The molecule has 0 fully saturated rings. The topological polar surface area (TPSA) is 64.3 Å². The second-order valence-corrected chi connectivity index (χ2v) is 4.89. The highest BCUT2D eigenvalue weighted by atomic mass is 19.4. The predicted molar refractivity (Wildman–Crippen MR) is 76.2 cm³/mol. The smallest absolute Gasteiger partial charge is 0.435 e. The van der Waals surface area contributed by atoms with Crippen molar-refractivity contribution in [2.75, 3.05) is 5.32 Å². The molecule has 0 unspecified atom stereocenters. The number of aromatic nitrogens is 4. The summed E-state index contributed by atoms with van der Waals surface area (Å²) < 4.78 is 67.7. The summed E-state index contributed by atoms with van der Waals surface area (Å²) in [6.45, 7) is -2.80. The third kappa shape index (κ3) is 3.92. The molecular formula is C14H10F5N5O. The fourth-order valence-corrected chi connectivity index (χ4v) is 2.08. The van der Waals surface area contributed by atoms with E-state index in [-0.39, 0.29) is 23.8 Å². The van der Waals surface area contributed by atoms with Gasteiger partial charge in [-0.15, -0.1) is 15.3 Å².